The summed E-state index contributed by atoms with van der Waals surface area (Å²) in [5, 5.41) is 11.6. The SMILES string of the molecule is CC(C)C[C@H](NC(=O)[C@H]1CC1(C)C)C(=O)O. The van der Waals surface area contributed by atoms with Gasteiger partial charge in [-0.2, -0.15) is 0 Å². The molecule has 0 spiro atoms. The smallest absolute Gasteiger partial charge is 0.326 e. The number of carbonyl (C=O) groups excluding carboxylic acids is 1. The van der Waals surface area contributed by atoms with Crippen molar-refractivity contribution in [3.63, 3.8) is 0 Å². The standard InChI is InChI=1S/C12H21NO3/c1-7(2)5-9(11(15)16)13-10(14)8-6-12(8,3)4/h7-9H,5-6H2,1-4H3,(H,13,14)(H,15,16)/t8-,9+/m1/s1. The number of rotatable bonds is 5. The lowest BCUT2D eigenvalue weighted by molar-refractivity contribution is -0.142. The zero-order valence-electron chi connectivity index (χ0n) is 10.4. The van der Waals surface area contributed by atoms with Gasteiger partial charge in [0.2, 0.25) is 5.91 Å². The highest BCUT2D eigenvalue weighted by Gasteiger charge is 2.51. The zero-order chi connectivity index (χ0) is 12.5. The molecule has 1 aliphatic carbocycles. The monoisotopic (exact) mass is 227 g/mol. The molecule has 4 heteroatoms. The van der Waals surface area contributed by atoms with Crippen LogP contribution in [-0.2, 0) is 9.59 Å². The van der Waals surface area contributed by atoms with Gasteiger partial charge in [0.1, 0.15) is 6.04 Å². The summed E-state index contributed by atoms with van der Waals surface area (Å²) in [6.07, 6.45) is 1.33. The molecular formula is C12H21NO3. The van der Waals surface area contributed by atoms with Gasteiger partial charge in [0, 0.05) is 5.92 Å². The number of hydrogen-bond acceptors (Lipinski definition) is 2. The summed E-state index contributed by atoms with van der Waals surface area (Å²) in [6, 6.07) is -0.746. The molecule has 16 heavy (non-hydrogen) atoms. The molecule has 1 rings (SSSR count). The van der Waals surface area contributed by atoms with E-state index in [-0.39, 0.29) is 23.2 Å². The van der Waals surface area contributed by atoms with Gasteiger partial charge in [-0.3, -0.25) is 4.79 Å². The Morgan fingerprint density at radius 3 is 2.25 bits per heavy atom. The van der Waals surface area contributed by atoms with Gasteiger partial charge in [-0.05, 0) is 24.2 Å². The van der Waals surface area contributed by atoms with Crippen LogP contribution in [0.3, 0.4) is 0 Å². The van der Waals surface area contributed by atoms with Crippen molar-refractivity contribution in [3.8, 4) is 0 Å². The van der Waals surface area contributed by atoms with Gasteiger partial charge >= 0.3 is 5.97 Å². The minimum absolute atomic E-state index is 0.0125. The third-order valence-corrected chi connectivity index (χ3v) is 3.15. The molecule has 0 saturated heterocycles. The Bertz CT molecular complexity index is 297. The number of carboxylic acids is 1. The van der Waals surface area contributed by atoms with Crippen LogP contribution in [0.15, 0.2) is 0 Å². The largest absolute Gasteiger partial charge is 0.480 e. The fourth-order valence-corrected chi connectivity index (χ4v) is 1.88. The van der Waals surface area contributed by atoms with Gasteiger partial charge in [-0.15, -0.1) is 0 Å². The van der Waals surface area contributed by atoms with Crippen molar-refractivity contribution in [3.05, 3.63) is 0 Å². The molecule has 1 fully saturated rings. The van der Waals surface area contributed by atoms with Crippen LogP contribution < -0.4 is 5.32 Å². The number of nitrogens with one attached hydrogen (secondary N) is 1. The van der Waals surface area contributed by atoms with E-state index < -0.39 is 12.0 Å². The normalized spacial score (nSPS) is 23.9. The van der Waals surface area contributed by atoms with Crippen molar-refractivity contribution >= 4 is 11.9 Å². The number of carboxylic acid groups (broad SMARTS) is 1. The second-order valence-electron chi connectivity index (χ2n) is 5.77. The van der Waals surface area contributed by atoms with Gasteiger partial charge in [0.05, 0.1) is 0 Å². The summed E-state index contributed by atoms with van der Waals surface area (Å²) >= 11 is 0. The predicted octanol–water partition coefficient (Wildman–Crippen LogP) is 1.65. The molecule has 0 aromatic heterocycles. The molecule has 0 aliphatic heterocycles. The Morgan fingerprint density at radius 2 is 1.94 bits per heavy atom. The Kier molecular flexibility index (Phi) is 3.61. The van der Waals surface area contributed by atoms with Crippen LogP contribution in [0.2, 0.25) is 0 Å². The van der Waals surface area contributed by atoms with Gasteiger partial charge < -0.3 is 10.4 Å². The third-order valence-electron chi connectivity index (χ3n) is 3.15. The average molecular weight is 227 g/mol. The van der Waals surface area contributed by atoms with Crippen LogP contribution in [-0.4, -0.2) is 23.0 Å². The average Bonchev–Trinajstić information content (AvgIpc) is 2.73. The lowest BCUT2D eigenvalue weighted by Crippen LogP contribution is -2.42. The van der Waals surface area contributed by atoms with Crippen molar-refractivity contribution in [2.75, 3.05) is 0 Å². The highest BCUT2D eigenvalue weighted by molar-refractivity contribution is 5.87. The summed E-state index contributed by atoms with van der Waals surface area (Å²) in [7, 11) is 0. The van der Waals surface area contributed by atoms with Gasteiger partial charge in [0.15, 0.2) is 0 Å². The van der Waals surface area contributed by atoms with E-state index in [1.54, 1.807) is 0 Å². The minimum Gasteiger partial charge on any atom is -0.480 e. The Hall–Kier alpha value is -1.06. The quantitative estimate of drug-likeness (QED) is 0.750. The van der Waals surface area contributed by atoms with Crippen LogP contribution in [0.1, 0.15) is 40.5 Å². The molecule has 4 nitrogen and oxygen atoms in total. The first-order valence-electron chi connectivity index (χ1n) is 5.77. The van der Waals surface area contributed by atoms with E-state index in [4.69, 9.17) is 5.11 Å². The van der Waals surface area contributed by atoms with E-state index in [1.807, 2.05) is 27.7 Å². The first-order valence-corrected chi connectivity index (χ1v) is 5.77. The molecule has 0 aromatic rings. The number of amides is 1. The molecule has 0 unspecified atom stereocenters. The topological polar surface area (TPSA) is 66.4 Å². The first kappa shape index (κ1) is 13.0. The fraction of sp³-hybridized carbons (Fsp3) is 0.833. The highest BCUT2D eigenvalue weighted by Crippen LogP contribution is 2.51. The van der Waals surface area contributed by atoms with Crippen LogP contribution in [0, 0.1) is 17.3 Å². The van der Waals surface area contributed by atoms with Crippen molar-refractivity contribution in [1.82, 2.24) is 5.32 Å². The zero-order valence-corrected chi connectivity index (χ0v) is 10.4. The molecular weight excluding hydrogens is 206 g/mol. The van der Waals surface area contributed by atoms with Crippen LogP contribution in [0.25, 0.3) is 0 Å². The van der Waals surface area contributed by atoms with Crippen molar-refractivity contribution in [1.29, 1.82) is 0 Å². The maximum Gasteiger partial charge on any atom is 0.326 e. The van der Waals surface area contributed by atoms with Gasteiger partial charge in [0.25, 0.3) is 0 Å². The molecule has 92 valence electrons. The van der Waals surface area contributed by atoms with E-state index >= 15 is 0 Å². The van der Waals surface area contributed by atoms with E-state index in [0.717, 1.165) is 6.42 Å². The van der Waals surface area contributed by atoms with Gasteiger partial charge in [-0.25, -0.2) is 4.79 Å². The van der Waals surface area contributed by atoms with Crippen LogP contribution in [0.4, 0.5) is 0 Å². The Morgan fingerprint density at radius 1 is 1.44 bits per heavy atom. The first-order chi connectivity index (χ1) is 7.24. The summed E-state index contributed by atoms with van der Waals surface area (Å²) < 4.78 is 0. The molecule has 0 bridgehead atoms. The second kappa shape index (κ2) is 4.44. The van der Waals surface area contributed by atoms with E-state index in [0.29, 0.717) is 6.42 Å². The lowest BCUT2D eigenvalue weighted by Gasteiger charge is -2.16. The van der Waals surface area contributed by atoms with E-state index in [9.17, 15) is 9.59 Å². The summed E-state index contributed by atoms with van der Waals surface area (Å²) in [5.74, 6) is -0.811. The minimum atomic E-state index is -0.944. The molecule has 0 heterocycles. The lowest BCUT2D eigenvalue weighted by atomic mass is 10.0. The summed E-state index contributed by atoms with van der Waals surface area (Å²) in [6.45, 7) is 7.94. The number of aliphatic carboxylic acids is 1. The maximum atomic E-state index is 11.7. The maximum absolute atomic E-state index is 11.7. The third kappa shape index (κ3) is 3.22. The fourth-order valence-electron chi connectivity index (χ4n) is 1.88. The van der Waals surface area contributed by atoms with Crippen LogP contribution in [0.5, 0.6) is 0 Å². The van der Waals surface area contributed by atoms with Crippen molar-refractivity contribution < 1.29 is 14.7 Å². The molecule has 0 radical (unpaired) electrons. The summed E-state index contributed by atoms with van der Waals surface area (Å²) in [5.41, 5.74) is 0.0466. The van der Waals surface area contributed by atoms with E-state index in [1.165, 1.54) is 0 Å². The van der Waals surface area contributed by atoms with Crippen LogP contribution >= 0.6 is 0 Å². The second-order valence-corrected chi connectivity index (χ2v) is 5.77. The highest BCUT2D eigenvalue weighted by atomic mass is 16.4. The number of carbonyl (C=O) groups is 2. The Labute approximate surface area is 96.4 Å². The van der Waals surface area contributed by atoms with Gasteiger partial charge in [-0.1, -0.05) is 27.7 Å². The molecule has 1 aliphatic rings. The predicted molar refractivity (Wildman–Crippen MR) is 60.9 cm³/mol. The molecule has 2 atom stereocenters. The molecule has 2 N–H and O–H groups in total. The van der Waals surface area contributed by atoms with Crippen molar-refractivity contribution in [2.24, 2.45) is 17.3 Å². The molecule has 1 saturated carbocycles. The molecule has 1 amide bonds. The molecule has 0 aromatic carbocycles. The number of hydrogen-bond donors (Lipinski definition) is 2. The summed E-state index contributed by atoms with van der Waals surface area (Å²) in [4.78, 5) is 22.7. The Balaban J connectivity index is 2.49. The van der Waals surface area contributed by atoms with E-state index in [2.05, 4.69) is 5.32 Å². The van der Waals surface area contributed by atoms with Crippen molar-refractivity contribution in [2.45, 2.75) is 46.6 Å².